The van der Waals surface area contributed by atoms with E-state index in [0.29, 0.717) is 11.7 Å². The fraction of sp³-hybridized carbons (Fsp3) is 0.316. The highest BCUT2D eigenvalue weighted by Gasteiger charge is 2.02. The van der Waals surface area contributed by atoms with E-state index in [0.717, 1.165) is 48.8 Å². The first-order valence-corrected chi connectivity index (χ1v) is 9.17. The van der Waals surface area contributed by atoms with Crippen LogP contribution >= 0.6 is 35.6 Å². The van der Waals surface area contributed by atoms with Crippen molar-refractivity contribution in [3.8, 4) is 0 Å². The van der Waals surface area contributed by atoms with Crippen LogP contribution in [0.4, 0.5) is 0 Å². The average molecular weight is 499 g/mol. The third-order valence-corrected chi connectivity index (χ3v) is 4.11. The summed E-state index contributed by atoms with van der Waals surface area (Å²) < 4.78 is 2.03. The van der Waals surface area contributed by atoms with Gasteiger partial charge in [0.15, 0.2) is 5.96 Å². The number of aromatic nitrogens is 3. The second kappa shape index (κ2) is 11.1. The maximum Gasteiger partial charge on any atom is 0.191 e. The molecule has 0 saturated carbocycles. The number of halogens is 2. The predicted molar refractivity (Wildman–Crippen MR) is 121 cm³/mol. The highest BCUT2D eigenvalue weighted by atomic mass is 127. The summed E-state index contributed by atoms with van der Waals surface area (Å²) in [5.74, 6) is 0.818. The molecule has 0 amide bonds. The van der Waals surface area contributed by atoms with Crippen LogP contribution in [0.3, 0.4) is 0 Å². The van der Waals surface area contributed by atoms with Crippen molar-refractivity contribution in [2.24, 2.45) is 4.99 Å². The van der Waals surface area contributed by atoms with Gasteiger partial charge in [-0.1, -0.05) is 23.7 Å². The maximum absolute atomic E-state index is 5.81. The first-order chi connectivity index (χ1) is 12.7. The number of pyridine rings is 2. The van der Waals surface area contributed by atoms with Gasteiger partial charge in [0.25, 0.3) is 0 Å². The Labute approximate surface area is 181 Å². The Morgan fingerprint density at radius 2 is 2.07 bits per heavy atom. The lowest BCUT2D eigenvalue weighted by Gasteiger charge is -2.11. The van der Waals surface area contributed by atoms with E-state index in [1.54, 1.807) is 6.20 Å². The molecular weight excluding hydrogens is 475 g/mol. The Hall–Kier alpha value is -1.87. The molecule has 8 heteroatoms. The molecule has 2 N–H and O–H groups in total. The van der Waals surface area contributed by atoms with Crippen molar-refractivity contribution in [1.82, 2.24) is 25.0 Å². The zero-order chi connectivity index (χ0) is 18.2. The summed E-state index contributed by atoms with van der Waals surface area (Å²) in [6.45, 7) is 4.34. The number of rotatable bonds is 7. The number of fused-ring (bicyclic) bond motifs is 1. The molecule has 3 aromatic rings. The first kappa shape index (κ1) is 21.4. The molecule has 3 rings (SSSR count). The summed E-state index contributed by atoms with van der Waals surface area (Å²) in [4.78, 5) is 13.3. The molecule has 3 heterocycles. The van der Waals surface area contributed by atoms with Gasteiger partial charge in [0.05, 0.1) is 5.69 Å². The lowest BCUT2D eigenvalue weighted by Crippen LogP contribution is -2.38. The summed E-state index contributed by atoms with van der Waals surface area (Å²) >= 11 is 5.81. The van der Waals surface area contributed by atoms with Crippen LogP contribution in [-0.2, 0) is 12.8 Å². The molecule has 0 aliphatic rings. The monoisotopic (exact) mass is 498 g/mol. The van der Waals surface area contributed by atoms with Crippen LogP contribution in [0, 0.1) is 0 Å². The summed E-state index contributed by atoms with van der Waals surface area (Å²) in [6, 6.07) is 9.80. The van der Waals surface area contributed by atoms with Crippen molar-refractivity contribution in [1.29, 1.82) is 0 Å². The molecule has 0 aromatic carbocycles. The third kappa shape index (κ3) is 6.66. The van der Waals surface area contributed by atoms with Gasteiger partial charge in [0, 0.05) is 44.6 Å². The van der Waals surface area contributed by atoms with Crippen LogP contribution in [0.5, 0.6) is 0 Å². The lowest BCUT2D eigenvalue weighted by atomic mass is 10.2. The Balaban J connectivity index is 0.00000261. The largest absolute Gasteiger partial charge is 0.357 e. The van der Waals surface area contributed by atoms with Gasteiger partial charge in [0.2, 0.25) is 0 Å². The van der Waals surface area contributed by atoms with Gasteiger partial charge in [-0.3, -0.25) is 4.99 Å². The van der Waals surface area contributed by atoms with Crippen LogP contribution in [-0.4, -0.2) is 40.0 Å². The molecule has 0 saturated heterocycles. The quantitative estimate of drug-likeness (QED) is 0.227. The van der Waals surface area contributed by atoms with Gasteiger partial charge in [-0.05, 0) is 37.1 Å². The van der Waals surface area contributed by atoms with E-state index in [9.17, 15) is 0 Å². The molecule has 0 radical (unpaired) electrons. The number of hydrogen-bond donors (Lipinski definition) is 2. The van der Waals surface area contributed by atoms with Crippen LogP contribution in [0.15, 0.2) is 53.9 Å². The smallest absolute Gasteiger partial charge is 0.191 e. The molecule has 0 aliphatic carbocycles. The Morgan fingerprint density at radius 3 is 2.81 bits per heavy atom. The van der Waals surface area contributed by atoms with Crippen molar-refractivity contribution >= 4 is 47.2 Å². The second-order valence-corrected chi connectivity index (χ2v) is 6.26. The number of nitrogens with zero attached hydrogens (tertiary/aromatic N) is 4. The van der Waals surface area contributed by atoms with E-state index in [4.69, 9.17) is 11.6 Å². The SMILES string of the molecule is CCNC(=NCCc1cn2ccccc2n1)NCCc1ccc(Cl)nc1.I. The van der Waals surface area contributed by atoms with E-state index in [2.05, 4.69) is 38.7 Å². The van der Waals surface area contributed by atoms with E-state index in [1.165, 1.54) is 0 Å². The van der Waals surface area contributed by atoms with Crippen LogP contribution in [0.1, 0.15) is 18.2 Å². The van der Waals surface area contributed by atoms with Gasteiger partial charge in [-0.15, -0.1) is 24.0 Å². The van der Waals surface area contributed by atoms with E-state index < -0.39 is 0 Å². The predicted octanol–water partition coefficient (Wildman–Crippen LogP) is 3.34. The Bertz CT molecular complexity index is 829. The molecule has 27 heavy (non-hydrogen) atoms. The van der Waals surface area contributed by atoms with E-state index in [-0.39, 0.29) is 24.0 Å². The van der Waals surface area contributed by atoms with Crippen LogP contribution in [0.25, 0.3) is 5.65 Å². The minimum absolute atomic E-state index is 0. The fourth-order valence-corrected chi connectivity index (χ4v) is 2.72. The van der Waals surface area contributed by atoms with Crippen LogP contribution in [0.2, 0.25) is 5.15 Å². The minimum Gasteiger partial charge on any atom is -0.357 e. The van der Waals surface area contributed by atoms with Crippen molar-refractivity contribution in [2.75, 3.05) is 19.6 Å². The normalized spacial score (nSPS) is 11.3. The summed E-state index contributed by atoms with van der Waals surface area (Å²) in [5, 5.41) is 7.13. The highest BCUT2D eigenvalue weighted by molar-refractivity contribution is 14.0. The average Bonchev–Trinajstić information content (AvgIpc) is 3.06. The standard InChI is InChI=1S/C19H23ClN6.HI/c1-2-21-19(22-10-8-15-6-7-17(20)24-13-15)23-11-9-16-14-26-12-4-3-5-18(26)25-16;/h3-7,12-14H,2,8-11H2,1H3,(H2,21,22,23);1H. The minimum atomic E-state index is 0. The zero-order valence-electron chi connectivity index (χ0n) is 15.2. The van der Waals surface area contributed by atoms with E-state index >= 15 is 0 Å². The Morgan fingerprint density at radius 1 is 1.19 bits per heavy atom. The number of aliphatic imine (C=N–C) groups is 1. The number of nitrogens with one attached hydrogen (secondary N) is 2. The second-order valence-electron chi connectivity index (χ2n) is 5.87. The van der Waals surface area contributed by atoms with Gasteiger partial charge in [0.1, 0.15) is 10.8 Å². The lowest BCUT2D eigenvalue weighted by molar-refractivity contribution is 0.793. The van der Waals surface area contributed by atoms with Crippen molar-refractivity contribution < 1.29 is 0 Å². The highest BCUT2D eigenvalue weighted by Crippen LogP contribution is 2.06. The number of hydrogen-bond acceptors (Lipinski definition) is 3. The molecule has 0 spiro atoms. The van der Waals surface area contributed by atoms with E-state index in [1.807, 2.05) is 40.9 Å². The number of imidazole rings is 1. The molecule has 3 aromatic heterocycles. The van der Waals surface area contributed by atoms with Gasteiger partial charge in [-0.2, -0.15) is 0 Å². The molecule has 0 fully saturated rings. The molecule has 6 nitrogen and oxygen atoms in total. The third-order valence-electron chi connectivity index (χ3n) is 3.89. The molecule has 0 atom stereocenters. The molecule has 0 bridgehead atoms. The molecule has 144 valence electrons. The van der Waals surface area contributed by atoms with Gasteiger partial charge < -0.3 is 15.0 Å². The summed E-state index contributed by atoms with van der Waals surface area (Å²) in [6.07, 6.45) is 7.53. The van der Waals surface area contributed by atoms with Crippen molar-refractivity contribution in [3.05, 3.63) is 65.3 Å². The first-order valence-electron chi connectivity index (χ1n) is 8.80. The zero-order valence-corrected chi connectivity index (χ0v) is 18.3. The Kier molecular flexibility index (Phi) is 8.80. The van der Waals surface area contributed by atoms with Crippen LogP contribution < -0.4 is 10.6 Å². The summed E-state index contributed by atoms with van der Waals surface area (Å²) in [7, 11) is 0. The molecule has 0 unspecified atom stereocenters. The van der Waals surface area contributed by atoms with Gasteiger partial charge >= 0.3 is 0 Å². The van der Waals surface area contributed by atoms with Crippen molar-refractivity contribution in [3.63, 3.8) is 0 Å². The number of guanidine groups is 1. The summed E-state index contributed by atoms with van der Waals surface area (Å²) in [5.41, 5.74) is 3.15. The topological polar surface area (TPSA) is 66.6 Å². The maximum atomic E-state index is 5.81. The van der Waals surface area contributed by atoms with Gasteiger partial charge in [-0.25, -0.2) is 9.97 Å². The molecule has 0 aliphatic heterocycles. The molecular formula is C19H24ClIN6. The fourth-order valence-electron chi connectivity index (χ4n) is 2.61. The van der Waals surface area contributed by atoms with Crippen molar-refractivity contribution in [2.45, 2.75) is 19.8 Å².